The summed E-state index contributed by atoms with van der Waals surface area (Å²) in [5, 5.41) is 2.11. The number of thiophene rings is 1. The van der Waals surface area contributed by atoms with Crippen molar-refractivity contribution in [2.75, 3.05) is 46.0 Å². The van der Waals surface area contributed by atoms with Crippen LogP contribution < -0.4 is 9.47 Å². The molecule has 2 aliphatic rings. The second-order valence-electron chi connectivity index (χ2n) is 7.06. The smallest absolute Gasteiger partial charge is 0.338 e. The highest BCUT2D eigenvalue weighted by Crippen LogP contribution is 2.38. The molecule has 1 aromatic heterocycles. The second kappa shape index (κ2) is 9.57. The Hall–Kier alpha value is -2.78. The fourth-order valence-corrected chi connectivity index (χ4v) is 4.32. The Morgan fingerprint density at radius 3 is 2.55 bits per heavy atom. The van der Waals surface area contributed by atoms with Crippen molar-refractivity contribution in [1.29, 1.82) is 0 Å². The maximum absolute atomic E-state index is 12.5. The number of fused-ring (bicyclic) bond motifs is 1. The van der Waals surface area contributed by atoms with Crippen LogP contribution in [-0.2, 0) is 9.53 Å². The van der Waals surface area contributed by atoms with Gasteiger partial charge >= 0.3 is 5.97 Å². The van der Waals surface area contributed by atoms with E-state index >= 15 is 0 Å². The molecule has 1 fully saturated rings. The summed E-state index contributed by atoms with van der Waals surface area (Å²) in [7, 11) is 0. The molecule has 0 saturated carbocycles. The summed E-state index contributed by atoms with van der Waals surface area (Å²) in [6.45, 7) is 2.22. The van der Waals surface area contributed by atoms with E-state index in [4.69, 9.17) is 25.8 Å². The highest BCUT2D eigenvalue weighted by molar-refractivity contribution is 7.12. The van der Waals surface area contributed by atoms with Crippen LogP contribution in [0.3, 0.4) is 0 Å². The first-order valence-electron chi connectivity index (χ1n) is 9.90. The number of ether oxygens (including phenoxy) is 3. The monoisotopic (exact) mass is 464 g/mol. The van der Waals surface area contributed by atoms with Crippen molar-refractivity contribution < 1.29 is 28.6 Å². The molecular formula is C21H21ClN2O6S. The van der Waals surface area contributed by atoms with Gasteiger partial charge in [-0.15, -0.1) is 11.3 Å². The Morgan fingerprint density at radius 2 is 1.81 bits per heavy atom. The van der Waals surface area contributed by atoms with Gasteiger partial charge in [-0.25, -0.2) is 4.79 Å². The second-order valence-corrected chi connectivity index (χ2v) is 8.42. The number of halogens is 1. The Balaban J connectivity index is 1.29. The minimum Gasteiger partial charge on any atom is -0.489 e. The molecule has 2 amide bonds. The standard InChI is InChI=1S/C21H21ClN2O6S/c22-15-11-14(12-16-19(15)29-9-2-8-28-16)21(27)30-13-18(25)23-4-6-24(7-5-23)20(26)17-3-1-10-31-17/h1,3,10-12H,2,4-9,13H2. The first kappa shape index (κ1) is 21.5. The van der Waals surface area contributed by atoms with Gasteiger partial charge in [-0.2, -0.15) is 0 Å². The molecule has 31 heavy (non-hydrogen) atoms. The van der Waals surface area contributed by atoms with Gasteiger partial charge in [0, 0.05) is 32.6 Å². The molecule has 10 heteroatoms. The maximum atomic E-state index is 12.5. The van der Waals surface area contributed by atoms with Gasteiger partial charge in [-0.1, -0.05) is 17.7 Å². The van der Waals surface area contributed by atoms with Gasteiger partial charge in [-0.3, -0.25) is 9.59 Å². The molecule has 3 heterocycles. The number of esters is 1. The molecule has 2 aliphatic heterocycles. The number of carbonyl (C=O) groups excluding carboxylic acids is 3. The van der Waals surface area contributed by atoms with E-state index in [1.165, 1.54) is 23.5 Å². The van der Waals surface area contributed by atoms with Gasteiger partial charge in [0.05, 0.1) is 28.7 Å². The summed E-state index contributed by atoms with van der Waals surface area (Å²) < 4.78 is 16.3. The summed E-state index contributed by atoms with van der Waals surface area (Å²) in [4.78, 5) is 41.3. The lowest BCUT2D eigenvalue weighted by molar-refractivity contribution is -0.136. The lowest BCUT2D eigenvalue weighted by Crippen LogP contribution is -2.51. The zero-order valence-electron chi connectivity index (χ0n) is 16.7. The van der Waals surface area contributed by atoms with E-state index in [1.54, 1.807) is 15.9 Å². The van der Waals surface area contributed by atoms with Gasteiger partial charge in [0.2, 0.25) is 0 Å². The number of rotatable bonds is 4. The number of nitrogens with zero attached hydrogens (tertiary/aromatic N) is 2. The van der Waals surface area contributed by atoms with Gasteiger partial charge < -0.3 is 24.0 Å². The summed E-state index contributed by atoms with van der Waals surface area (Å²) in [6, 6.07) is 6.57. The van der Waals surface area contributed by atoms with Crippen molar-refractivity contribution in [3.05, 3.63) is 45.1 Å². The number of hydrogen-bond acceptors (Lipinski definition) is 7. The average molecular weight is 465 g/mol. The molecule has 0 aliphatic carbocycles. The lowest BCUT2D eigenvalue weighted by Gasteiger charge is -2.34. The molecule has 0 bridgehead atoms. The lowest BCUT2D eigenvalue weighted by atomic mass is 10.2. The molecule has 0 atom stereocenters. The highest BCUT2D eigenvalue weighted by atomic mass is 35.5. The average Bonchev–Trinajstić information content (AvgIpc) is 3.22. The Kier molecular flexibility index (Phi) is 6.62. The van der Waals surface area contributed by atoms with Gasteiger partial charge in [0.15, 0.2) is 18.1 Å². The predicted molar refractivity (Wildman–Crippen MR) is 114 cm³/mol. The minimum absolute atomic E-state index is 0.0280. The Labute approximate surface area is 188 Å². The zero-order chi connectivity index (χ0) is 21.8. The quantitative estimate of drug-likeness (QED) is 0.647. The molecule has 0 N–H and O–H groups in total. The fraction of sp³-hybridized carbons (Fsp3) is 0.381. The fourth-order valence-electron chi connectivity index (χ4n) is 3.37. The third kappa shape index (κ3) is 4.94. The molecule has 4 rings (SSSR count). The Bertz CT molecular complexity index is 972. The van der Waals surface area contributed by atoms with Gasteiger partial charge in [-0.05, 0) is 23.6 Å². The maximum Gasteiger partial charge on any atom is 0.338 e. The van der Waals surface area contributed by atoms with E-state index in [1.807, 2.05) is 11.4 Å². The summed E-state index contributed by atoms with van der Waals surface area (Å²) in [5.74, 6) is -0.217. The number of piperazine rings is 1. The molecule has 0 radical (unpaired) electrons. The molecule has 8 nitrogen and oxygen atoms in total. The number of carbonyl (C=O) groups is 3. The Morgan fingerprint density at radius 1 is 1.06 bits per heavy atom. The van der Waals surface area contributed by atoms with Crippen LogP contribution in [-0.4, -0.2) is 73.6 Å². The van der Waals surface area contributed by atoms with E-state index < -0.39 is 5.97 Å². The van der Waals surface area contributed by atoms with Gasteiger partial charge in [0.25, 0.3) is 11.8 Å². The summed E-state index contributed by atoms with van der Waals surface area (Å²) in [6.07, 6.45) is 0.714. The van der Waals surface area contributed by atoms with Crippen LogP contribution in [0, 0.1) is 0 Å². The van der Waals surface area contributed by atoms with Crippen LogP contribution in [0.15, 0.2) is 29.6 Å². The molecule has 0 unspecified atom stereocenters. The third-order valence-corrected chi connectivity index (χ3v) is 6.15. The van der Waals surface area contributed by atoms with E-state index in [2.05, 4.69) is 0 Å². The van der Waals surface area contributed by atoms with Gasteiger partial charge in [0.1, 0.15) is 0 Å². The van der Waals surface area contributed by atoms with Crippen LogP contribution in [0.5, 0.6) is 11.5 Å². The van der Waals surface area contributed by atoms with E-state index in [0.717, 1.165) is 0 Å². The first-order valence-corrected chi connectivity index (χ1v) is 11.2. The summed E-state index contributed by atoms with van der Waals surface area (Å²) >= 11 is 7.60. The van der Waals surface area contributed by atoms with Crippen molar-refractivity contribution in [1.82, 2.24) is 9.80 Å². The molecule has 2 aromatic rings. The highest BCUT2D eigenvalue weighted by Gasteiger charge is 2.26. The third-order valence-electron chi connectivity index (χ3n) is 5.02. The number of amides is 2. The molecule has 0 spiro atoms. The van der Waals surface area contributed by atoms with Crippen molar-refractivity contribution >= 4 is 40.7 Å². The number of hydrogen-bond donors (Lipinski definition) is 0. The largest absolute Gasteiger partial charge is 0.489 e. The number of benzene rings is 1. The van der Waals surface area contributed by atoms with E-state index in [9.17, 15) is 14.4 Å². The van der Waals surface area contributed by atoms with Crippen molar-refractivity contribution in [3.8, 4) is 11.5 Å². The molecule has 164 valence electrons. The van der Waals surface area contributed by atoms with Crippen LogP contribution in [0.2, 0.25) is 5.02 Å². The van der Waals surface area contributed by atoms with Crippen molar-refractivity contribution in [2.24, 2.45) is 0 Å². The zero-order valence-corrected chi connectivity index (χ0v) is 18.2. The van der Waals surface area contributed by atoms with Crippen LogP contribution in [0.1, 0.15) is 26.5 Å². The van der Waals surface area contributed by atoms with Crippen molar-refractivity contribution in [3.63, 3.8) is 0 Å². The van der Waals surface area contributed by atoms with Crippen LogP contribution >= 0.6 is 22.9 Å². The topological polar surface area (TPSA) is 85.4 Å². The first-order chi connectivity index (χ1) is 15.0. The van der Waals surface area contributed by atoms with Crippen LogP contribution in [0.4, 0.5) is 0 Å². The molecule has 1 saturated heterocycles. The molecule has 1 aromatic carbocycles. The minimum atomic E-state index is -0.669. The van der Waals surface area contributed by atoms with E-state index in [0.29, 0.717) is 62.2 Å². The summed E-state index contributed by atoms with van der Waals surface area (Å²) in [5.41, 5.74) is 0.188. The molecular weight excluding hydrogens is 444 g/mol. The van der Waals surface area contributed by atoms with E-state index in [-0.39, 0.29) is 29.0 Å². The normalized spacial score (nSPS) is 15.9. The van der Waals surface area contributed by atoms with Crippen LogP contribution in [0.25, 0.3) is 0 Å². The SMILES string of the molecule is O=C(OCC(=O)N1CCN(C(=O)c2cccs2)CC1)c1cc(Cl)c2c(c1)OCCCO2. The van der Waals surface area contributed by atoms with Crippen molar-refractivity contribution in [2.45, 2.75) is 6.42 Å². The predicted octanol–water partition coefficient (Wildman–Crippen LogP) is 2.70.